The van der Waals surface area contributed by atoms with E-state index in [0.29, 0.717) is 24.3 Å². The Morgan fingerprint density at radius 2 is 2.10 bits per heavy atom. The summed E-state index contributed by atoms with van der Waals surface area (Å²) < 4.78 is 6.65. The summed E-state index contributed by atoms with van der Waals surface area (Å²) in [6.45, 7) is 3.15. The lowest BCUT2D eigenvalue weighted by molar-refractivity contribution is -0.0245. The summed E-state index contributed by atoms with van der Waals surface area (Å²) in [5.74, 6) is 0.819. The van der Waals surface area contributed by atoms with Gasteiger partial charge in [-0.25, -0.2) is 0 Å². The van der Waals surface area contributed by atoms with Crippen LogP contribution in [0.4, 0.5) is 5.69 Å². The highest BCUT2D eigenvalue weighted by Crippen LogP contribution is 2.26. The highest BCUT2D eigenvalue weighted by Gasteiger charge is 2.19. The molecule has 1 aliphatic carbocycles. The Morgan fingerprint density at radius 1 is 1.38 bits per heavy atom. The lowest BCUT2D eigenvalue weighted by Crippen LogP contribution is -2.29. The van der Waals surface area contributed by atoms with E-state index in [1.807, 2.05) is 18.2 Å². The van der Waals surface area contributed by atoms with E-state index in [1.165, 1.54) is 12.8 Å². The molecule has 0 aliphatic heterocycles. The molecule has 2 rings (SSSR count). The minimum atomic E-state index is -0.501. The van der Waals surface area contributed by atoms with Gasteiger partial charge in [0.05, 0.1) is 23.8 Å². The maximum absolute atomic E-state index is 9.99. The van der Waals surface area contributed by atoms with E-state index in [4.69, 9.17) is 16.3 Å². The number of ether oxygens (including phenoxy) is 1. The second-order valence-corrected chi connectivity index (χ2v) is 7.14. The van der Waals surface area contributed by atoms with Crippen LogP contribution in [0.15, 0.2) is 22.7 Å². The van der Waals surface area contributed by atoms with Gasteiger partial charge in [-0.1, -0.05) is 18.5 Å². The van der Waals surface area contributed by atoms with Crippen molar-refractivity contribution in [3.63, 3.8) is 0 Å². The molecule has 0 aromatic heterocycles. The molecule has 1 saturated carbocycles. The largest absolute Gasteiger partial charge is 0.389 e. The Balaban J connectivity index is 1.67. The van der Waals surface area contributed by atoms with E-state index >= 15 is 0 Å². The van der Waals surface area contributed by atoms with Crippen LogP contribution in [-0.4, -0.2) is 30.5 Å². The van der Waals surface area contributed by atoms with Crippen LogP contribution in [0.2, 0.25) is 5.02 Å². The third-order valence-electron chi connectivity index (χ3n) is 3.95. The van der Waals surface area contributed by atoms with Gasteiger partial charge in [-0.3, -0.25) is 0 Å². The van der Waals surface area contributed by atoms with Gasteiger partial charge in [0, 0.05) is 16.7 Å². The molecule has 0 saturated heterocycles. The van der Waals surface area contributed by atoms with Crippen molar-refractivity contribution in [2.24, 2.45) is 5.92 Å². The Kier molecular flexibility index (Phi) is 6.80. The van der Waals surface area contributed by atoms with Crippen LogP contribution < -0.4 is 5.32 Å². The van der Waals surface area contributed by atoms with Crippen molar-refractivity contribution in [2.45, 2.75) is 44.8 Å². The molecular weight excluding hydrogens is 354 g/mol. The van der Waals surface area contributed by atoms with Crippen LogP contribution in [0.3, 0.4) is 0 Å². The zero-order valence-corrected chi connectivity index (χ0v) is 14.7. The Bertz CT molecular complexity index is 450. The van der Waals surface area contributed by atoms with Crippen LogP contribution in [0.5, 0.6) is 0 Å². The van der Waals surface area contributed by atoms with Gasteiger partial charge in [-0.05, 0) is 65.7 Å². The predicted molar refractivity (Wildman–Crippen MR) is 91.0 cm³/mol. The maximum atomic E-state index is 9.99. The summed E-state index contributed by atoms with van der Waals surface area (Å²) in [5.41, 5.74) is 0.928. The normalized spacial score (nSPS) is 23.8. The van der Waals surface area contributed by atoms with Crippen molar-refractivity contribution in [2.75, 3.05) is 18.5 Å². The summed E-state index contributed by atoms with van der Waals surface area (Å²) in [7, 11) is 0. The minimum absolute atomic E-state index is 0.320. The van der Waals surface area contributed by atoms with Crippen LogP contribution in [0.25, 0.3) is 0 Å². The molecule has 0 heterocycles. The molecule has 2 N–H and O–H groups in total. The quantitative estimate of drug-likeness (QED) is 0.769. The monoisotopic (exact) mass is 375 g/mol. The number of hydrogen-bond acceptors (Lipinski definition) is 3. The summed E-state index contributed by atoms with van der Waals surface area (Å²) in [6, 6.07) is 5.61. The fraction of sp³-hybridized carbons (Fsp3) is 0.625. The zero-order valence-electron chi connectivity index (χ0n) is 12.3. The summed E-state index contributed by atoms with van der Waals surface area (Å²) >= 11 is 9.33. The average molecular weight is 377 g/mol. The molecule has 0 spiro atoms. The fourth-order valence-electron chi connectivity index (χ4n) is 2.54. The molecular formula is C16H23BrClNO2. The van der Waals surface area contributed by atoms with Crippen LogP contribution >= 0.6 is 27.5 Å². The van der Waals surface area contributed by atoms with Crippen molar-refractivity contribution < 1.29 is 9.84 Å². The maximum Gasteiger partial charge on any atom is 0.0945 e. The standard InChI is InChI=1S/C16H23BrClNO2/c1-11-2-5-14(6-3-11)21-10-13(20)9-19-12-4-7-16(18)15(17)8-12/h4,7-8,11,13-14,19-20H,2-3,5-6,9-10H2,1H3. The highest BCUT2D eigenvalue weighted by atomic mass is 79.9. The molecule has 1 aliphatic rings. The lowest BCUT2D eigenvalue weighted by atomic mass is 9.89. The number of aliphatic hydroxyl groups is 1. The van der Waals surface area contributed by atoms with Crippen molar-refractivity contribution in [1.82, 2.24) is 0 Å². The first-order valence-corrected chi connectivity index (χ1v) is 8.70. The molecule has 1 aromatic carbocycles. The topological polar surface area (TPSA) is 41.5 Å². The molecule has 0 amide bonds. The number of anilines is 1. The molecule has 21 heavy (non-hydrogen) atoms. The van der Waals surface area contributed by atoms with Crippen molar-refractivity contribution in [1.29, 1.82) is 0 Å². The summed E-state index contributed by atoms with van der Waals surface area (Å²) in [4.78, 5) is 0. The van der Waals surface area contributed by atoms with E-state index in [0.717, 1.165) is 28.9 Å². The van der Waals surface area contributed by atoms with E-state index in [1.54, 1.807) is 0 Å². The first-order chi connectivity index (χ1) is 10.0. The van der Waals surface area contributed by atoms with Gasteiger partial charge in [0.2, 0.25) is 0 Å². The van der Waals surface area contributed by atoms with E-state index in [-0.39, 0.29) is 0 Å². The molecule has 118 valence electrons. The number of aliphatic hydroxyl groups excluding tert-OH is 1. The predicted octanol–water partition coefficient (Wildman–Crippen LogP) is 4.47. The second kappa shape index (κ2) is 8.37. The molecule has 0 bridgehead atoms. The van der Waals surface area contributed by atoms with E-state index in [9.17, 15) is 5.11 Å². The first-order valence-electron chi connectivity index (χ1n) is 7.53. The molecule has 1 atom stereocenters. The number of benzene rings is 1. The highest BCUT2D eigenvalue weighted by molar-refractivity contribution is 9.10. The lowest BCUT2D eigenvalue weighted by Gasteiger charge is -2.27. The van der Waals surface area contributed by atoms with Crippen LogP contribution in [-0.2, 0) is 4.74 Å². The minimum Gasteiger partial charge on any atom is -0.389 e. The molecule has 0 radical (unpaired) electrons. The van der Waals surface area contributed by atoms with Crippen LogP contribution in [0.1, 0.15) is 32.6 Å². The Labute approximate surface area is 140 Å². The van der Waals surface area contributed by atoms with Crippen molar-refractivity contribution >= 4 is 33.2 Å². The third kappa shape index (κ3) is 5.78. The molecule has 5 heteroatoms. The van der Waals surface area contributed by atoms with Gasteiger partial charge in [0.25, 0.3) is 0 Å². The van der Waals surface area contributed by atoms with Gasteiger partial charge in [0.1, 0.15) is 0 Å². The number of nitrogens with one attached hydrogen (secondary N) is 1. The number of rotatable bonds is 6. The Hall–Kier alpha value is -0.290. The number of halogens is 2. The second-order valence-electron chi connectivity index (χ2n) is 5.88. The molecule has 3 nitrogen and oxygen atoms in total. The van der Waals surface area contributed by atoms with E-state index in [2.05, 4.69) is 28.2 Å². The van der Waals surface area contributed by atoms with E-state index < -0.39 is 6.10 Å². The van der Waals surface area contributed by atoms with Gasteiger partial charge >= 0.3 is 0 Å². The Morgan fingerprint density at radius 3 is 2.76 bits per heavy atom. The van der Waals surface area contributed by atoms with Gasteiger partial charge in [-0.15, -0.1) is 0 Å². The summed E-state index contributed by atoms with van der Waals surface area (Å²) in [6.07, 6.45) is 4.52. The van der Waals surface area contributed by atoms with Gasteiger partial charge < -0.3 is 15.2 Å². The number of hydrogen-bond donors (Lipinski definition) is 2. The van der Waals surface area contributed by atoms with Gasteiger partial charge in [-0.2, -0.15) is 0 Å². The first kappa shape index (κ1) is 17.1. The smallest absolute Gasteiger partial charge is 0.0945 e. The molecule has 1 fully saturated rings. The van der Waals surface area contributed by atoms with Crippen molar-refractivity contribution in [3.05, 3.63) is 27.7 Å². The van der Waals surface area contributed by atoms with Crippen LogP contribution in [0, 0.1) is 5.92 Å². The van der Waals surface area contributed by atoms with Gasteiger partial charge in [0.15, 0.2) is 0 Å². The zero-order chi connectivity index (χ0) is 15.2. The third-order valence-corrected chi connectivity index (χ3v) is 5.16. The molecule has 1 aromatic rings. The fourth-order valence-corrected chi connectivity index (χ4v) is 3.04. The molecule has 1 unspecified atom stereocenters. The summed E-state index contributed by atoms with van der Waals surface area (Å²) in [5, 5.41) is 13.9. The SMILES string of the molecule is CC1CCC(OCC(O)CNc2ccc(Cl)c(Br)c2)CC1. The van der Waals surface area contributed by atoms with Crippen molar-refractivity contribution in [3.8, 4) is 0 Å². The average Bonchev–Trinajstić information content (AvgIpc) is 2.48.